The third-order valence-electron chi connectivity index (χ3n) is 3.87. The molecule has 0 aliphatic heterocycles. The first-order valence-electron chi connectivity index (χ1n) is 7.72. The van der Waals surface area contributed by atoms with E-state index >= 15 is 0 Å². The summed E-state index contributed by atoms with van der Waals surface area (Å²) in [7, 11) is 1.49. The summed E-state index contributed by atoms with van der Waals surface area (Å²) in [5.41, 5.74) is 6.64. The minimum atomic E-state index is -0.634. The summed E-state index contributed by atoms with van der Waals surface area (Å²) in [6.07, 6.45) is 6.22. The van der Waals surface area contributed by atoms with Crippen molar-refractivity contribution in [1.29, 1.82) is 0 Å². The maximum absolute atomic E-state index is 14.3. The summed E-state index contributed by atoms with van der Waals surface area (Å²) in [5, 5.41) is 1.19. The van der Waals surface area contributed by atoms with Gasteiger partial charge in [-0.15, -0.1) is 6.42 Å². The molecule has 0 fully saturated rings. The Morgan fingerprint density at radius 3 is 2.78 bits per heavy atom. The van der Waals surface area contributed by atoms with Gasteiger partial charge >= 0.3 is 0 Å². The summed E-state index contributed by atoms with van der Waals surface area (Å²) >= 11 is 6.01. The number of fused-ring (bicyclic) bond motifs is 1. The smallest absolute Gasteiger partial charge is 0.279 e. The molecule has 5 nitrogen and oxygen atoms in total. The first kappa shape index (κ1) is 18.4. The van der Waals surface area contributed by atoms with Crippen LogP contribution in [-0.2, 0) is 0 Å². The summed E-state index contributed by atoms with van der Waals surface area (Å²) in [4.78, 5) is 20.0. The molecule has 3 aromatic rings. The highest BCUT2D eigenvalue weighted by atomic mass is 35.5. The van der Waals surface area contributed by atoms with Gasteiger partial charge in [0.2, 0.25) is 0 Å². The first-order valence-corrected chi connectivity index (χ1v) is 8.09. The van der Waals surface area contributed by atoms with Crippen molar-refractivity contribution >= 4 is 34.1 Å². The maximum atomic E-state index is 14.3. The Kier molecular flexibility index (Phi) is 5.06. The van der Waals surface area contributed by atoms with Crippen molar-refractivity contribution in [1.82, 2.24) is 4.98 Å². The average molecular weight is 382 g/mol. The molecule has 0 aliphatic rings. The number of amidine groups is 1. The molecule has 3 rings (SSSR count). The topological polar surface area (TPSA) is 77.6 Å². The van der Waals surface area contributed by atoms with Crippen LogP contribution in [0.3, 0.4) is 0 Å². The van der Waals surface area contributed by atoms with Crippen LogP contribution in [0.25, 0.3) is 22.0 Å². The molecule has 2 aromatic carbocycles. The molecule has 0 unspecified atom stereocenters. The molecule has 0 atom stereocenters. The summed E-state index contributed by atoms with van der Waals surface area (Å²) in [6.45, 7) is 0. The van der Waals surface area contributed by atoms with Crippen LogP contribution in [0.15, 0.2) is 47.6 Å². The molecule has 27 heavy (non-hydrogen) atoms. The number of hydrogen-bond donors (Lipinski definition) is 1. The number of hydrogen-bond acceptors (Lipinski definition) is 3. The van der Waals surface area contributed by atoms with Crippen LogP contribution in [0.1, 0.15) is 10.4 Å². The van der Waals surface area contributed by atoms with Crippen molar-refractivity contribution in [2.45, 2.75) is 0 Å². The van der Waals surface area contributed by atoms with E-state index in [1.54, 1.807) is 18.2 Å². The van der Waals surface area contributed by atoms with Gasteiger partial charge in [-0.1, -0.05) is 17.7 Å². The number of benzene rings is 2. The Hall–Kier alpha value is -3.43. The summed E-state index contributed by atoms with van der Waals surface area (Å²) < 4.78 is 19.6. The second-order valence-electron chi connectivity index (χ2n) is 5.51. The van der Waals surface area contributed by atoms with Gasteiger partial charge in [-0.25, -0.2) is 4.39 Å². The fraction of sp³-hybridized carbons (Fsp3) is 0.0500. The van der Waals surface area contributed by atoms with Gasteiger partial charge in [0.05, 0.1) is 19.0 Å². The Labute approximate surface area is 159 Å². The molecule has 7 heteroatoms. The van der Waals surface area contributed by atoms with Crippen LogP contribution in [-0.4, -0.2) is 23.8 Å². The molecule has 0 radical (unpaired) electrons. The minimum Gasteiger partial charge on any atom is -0.496 e. The molecular formula is C20H13ClFN3O2. The number of nitrogens with two attached hydrogens (primary N) is 1. The Bertz CT molecular complexity index is 1140. The molecule has 134 valence electrons. The van der Waals surface area contributed by atoms with Gasteiger partial charge in [0.25, 0.3) is 5.91 Å². The van der Waals surface area contributed by atoms with Crippen molar-refractivity contribution in [2.24, 2.45) is 10.7 Å². The summed E-state index contributed by atoms with van der Waals surface area (Å²) in [5.74, 6) is 1.15. The van der Waals surface area contributed by atoms with Crippen molar-refractivity contribution in [3.8, 4) is 29.4 Å². The Morgan fingerprint density at radius 1 is 1.30 bits per heavy atom. The van der Waals surface area contributed by atoms with Gasteiger partial charge in [0.15, 0.2) is 5.84 Å². The third-order valence-corrected chi connectivity index (χ3v) is 4.11. The molecule has 0 bridgehead atoms. The number of terminal acetylenes is 1. The highest BCUT2D eigenvalue weighted by Gasteiger charge is 2.16. The fourth-order valence-corrected chi connectivity index (χ4v) is 2.79. The second-order valence-corrected chi connectivity index (χ2v) is 5.94. The van der Waals surface area contributed by atoms with Crippen LogP contribution in [0.4, 0.5) is 4.39 Å². The van der Waals surface area contributed by atoms with E-state index in [0.29, 0.717) is 32.8 Å². The van der Waals surface area contributed by atoms with Crippen molar-refractivity contribution < 1.29 is 13.9 Å². The molecule has 2 N–H and O–H groups in total. The largest absolute Gasteiger partial charge is 0.496 e. The van der Waals surface area contributed by atoms with E-state index in [0.717, 1.165) is 6.20 Å². The van der Waals surface area contributed by atoms with Gasteiger partial charge < -0.3 is 10.5 Å². The Morgan fingerprint density at radius 2 is 2.07 bits per heavy atom. The molecule has 1 amide bonds. The number of pyridine rings is 1. The Balaban J connectivity index is 2.26. The number of ether oxygens (including phenoxy) is 1. The number of methoxy groups -OCH3 is 1. The number of aliphatic imine (C=N–C) groups is 1. The standard InChI is InChI=1S/C20H13ClFN3O2/c1-3-18(23)25-20(26)11-4-6-13-15(8-11)19(24-10-16(13)22)14-7-5-12(21)9-17(14)27-2/h1,4-10H,2H3,(H2,23,25,26). The molecule has 0 spiro atoms. The third kappa shape index (κ3) is 3.59. The van der Waals surface area contributed by atoms with E-state index in [9.17, 15) is 9.18 Å². The number of amides is 1. The SMILES string of the molecule is C#C/C(N)=N\C(=O)c1ccc2c(F)cnc(-c3ccc(Cl)cc3OC)c2c1. The van der Waals surface area contributed by atoms with E-state index in [1.165, 1.54) is 25.3 Å². The van der Waals surface area contributed by atoms with Crippen LogP contribution in [0, 0.1) is 18.2 Å². The van der Waals surface area contributed by atoms with Gasteiger partial charge in [-0.2, -0.15) is 4.99 Å². The lowest BCUT2D eigenvalue weighted by molar-refractivity contribution is 0.100. The van der Waals surface area contributed by atoms with Gasteiger partial charge in [0.1, 0.15) is 11.6 Å². The van der Waals surface area contributed by atoms with Crippen molar-refractivity contribution in [3.63, 3.8) is 0 Å². The number of aromatic nitrogens is 1. The minimum absolute atomic E-state index is 0.197. The normalized spacial score (nSPS) is 11.3. The zero-order chi connectivity index (χ0) is 19.6. The van der Waals surface area contributed by atoms with Gasteiger partial charge in [-0.3, -0.25) is 9.78 Å². The molecule has 0 saturated heterocycles. The lowest BCUT2D eigenvalue weighted by Gasteiger charge is -2.12. The van der Waals surface area contributed by atoms with E-state index in [2.05, 4.69) is 15.9 Å². The molecule has 1 heterocycles. The van der Waals surface area contributed by atoms with E-state index in [-0.39, 0.29) is 11.4 Å². The van der Waals surface area contributed by atoms with Crippen molar-refractivity contribution in [3.05, 3.63) is 59.0 Å². The number of carbonyl (C=O) groups is 1. The zero-order valence-electron chi connectivity index (χ0n) is 14.2. The average Bonchev–Trinajstić information content (AvgIpc) is 2.68. The maximum Gasteiger partial charge on any atom is 0.279 e. The predicted molar refractivity (Wildman–Crippen MR) is 103 cm³/mol. The zero-order valence-corrected chi connectivity index (χ0v) is 14.9. The van der Waals surface area contributed by atoms with Gasteiger partial charge in [0, 0.05) is 26.9 Å². The molecule has 0 saturated carbocycles. The van der Waals surface area contributed by atoms with E-state index < -0.39 is 11.7 Å². The van der Waals surface area contributed by atoms with E-state index in [1.807, 2.05) is 0 Å². The second kappa shape index (κ2) is 7.44. The van der Waals surface area contributed by atoms with Crippen LogP contribution in [0.5, 0.6) is 5.75 Å². The number of rotatable bonds is 3. The highest BCUT2D eigenvalue weighted by molar-refractivity contribution is 6.30. The van der Waals surface area contributed by atoms with Crippen molar-refractivity contribution in [2.75, 3.05) is 7.11 Å². The quantitative estimate of drug-likeness (QED) is 0.425. The number of nitrogens with zero attached hydrogens (tertiary/aromatic N) is 2. The fourth-order valence-electron chi connectivity index (χ4n) is 2.62. The monoisotopic (exact) mass is 381 g/mol. The molecule has 1 aromatic heterocycles. The van der Waals surface area contributed by atoms with E-state index in [4.69, 9.17) is 28.5 Å². The van der Waals surface area contributed by atoms with Crippen LogP contribution in [0.2, 0.25) is 5.02 Å². The first-order chi connectivity index (χ1) is 12.9. The number of halogens is 2. The van der Waals surface area contributed by atoms with Crippen LogP contribution >= 0.6 is 11.6 Å². The van der Waals surface area contributed by atoms with Gasteiger partial charge in [-0.05, 0) is 36.3 Å². The molecule has 0 aliphatic carbocycles. The van der Waals surface area contributed by atoms with Crippen LogP contribution < -0.4 is 10.5 Å². The highest BCUT2D eigenvalue weighted by Crippen LogP contribution is 2.36. The summed E-state index contributed by atoms with van der Waals surface area (Å²) in [6, 6.07) is 9.43. The number of carbonyl (C=O) groups excluding carboxylic acids is 1. The molecular weight excluding hydrogens is 369 g/mol. The lowest BCUT2D eigenvalue weighted by atomic mass is 10.0. The lowest BCUT2D eigenvalue weighted by Crippen LogP contribution is -2.11. The predicted octanol–water partition coefficient (Wildman–Crippen LogP) is 3.83.